The molecule has 1 saturated heterocycles. The molecule has 30 heavy (non-hydrogen) atoms. The number of primary amides is 1. The number of aromatic nitrogens is 1. The van der Waals surface area contributed by atoms with E-state index in [-0.39, 0.29) is 16.6 Å². The smallest absolute Gasteiger partial charge is 0.231 e. The molecule has 1 aromatic heterocycles. The summed E-state index contributed by atoms with van der Waals surface area (Å²) in [5.74, 6) is -0.513. The van der Waals surface area contributed by atoms with Crippen LogP contribution in [-0.4, -0.2) is 39.8 Å². The zero-order chi connectivity index (χ0) is 21.1. The van der Waals surface area contributed by atoms with Crippen molar-refractivity contribution in [3.8, 4) is 0 Å². The third-order valence-electron chi connectivity index (χ3n) is 6.09. The van der Waals surface area contributed by atoms with E-state index in [4.69, 9.17) is 5.73 Å². The van der Waals surface area contributed by atoms with Crippen LogP contribution in [-0.2, 0) is 17.6 Å². The van der Waals surface area contributed by atoms with Gasteiger partial charge in [-0.3, -0.25) is 4.79 Å². The van der Waals surface area contributed by atoms with Gasteiger partial charge in [-0.1, -0.05) is 40.2 Å². The lowest BCUT2D eigenvalue weighted by molar-refractivity contribution is -0.117. The number of rotatable bonds is 7. The molecule has 1 fully saturated rings. The highest BCUT2D eigenvalue weighted by molar-refractivity contribution is 9.10. The van der Waals surface area contributed by atoms with E-state index >= 15 is 0 Å². The van der Waals surface area contributed by atoms with Crippen LogP contribution < -0.4 is 5.73 Å². The molecule has 4 nitrogen and oxygen atoms in total. The van der Waals surface area contributed by atoms with Crippen LogP contribution in [0.1, 0.15) is 30.0 Å². The molecule has 0 aliphatic carbocycles. The van der Waals surface area contributed by atoms with E-state index in [0.29, 0.717) is 12.5 Å². The molecule has 4 rings (SSSR count). The van der Waals surface area contributed by atoms with Crippen molar-refractivity contribution in [2.75, 3.05) is 19.6 Å². The predicted molar refractivity (Wildman–Crippen MR) is 122 cm³/mol. The van der Waals surface area contributed by atoms with Crippen molar-refractivity contribution in [1.82, 2.24) is 9.47 Å². The number of piperidine rings is 1. The number of amides is 1. The van der Waals surface area contributed by atoms with Gasteiger partial charge in [0.25, 0.3) is 0 Å². The van der Waals surface area contributed by atoms with Gasteiger partial charge in [0.1, 0.15) is 5.82 Å². The molecule has 2 aromatic carbocycles. The van der Waals surface area contributed by atoms with Crippen molar-refractivity contribution >= 4 is 32.7 Å². The van der Waals surface area contributed by atoms with Crippen LogP contribution in [0.2, 0.25) is 0 Å². The summed E-state index contributed by atoms with van der Waals surface area (Å²) in [7, 11) is 0. The standard InChI is InChI=1S/C24H27BrFN3O/c25-22(24(27)30)15-18-1-4-19-8-14-29(23(19)16-18)21-9-12-28(13-10-21)11-7-17-2-5-20(26)6-3-17/h1-6,8,14,16,21-22H,7,9-13,15H2,(H2,27,30). The predicted octanol–water partition coefficient (Wildman–Crippen LogP) is 4.45. The molecule has 0 saturated carbocycles. The Hall–Kier alpha value is -2.18. The Morgan fingerprint density at radius 1 is 1.10 bits per heavy atom. The van der Waals surface area contributed by atoms with Crippen LogP contribution in [0.15, 0.2) is 54.7 Å². The molecule has 2 heterocycles. The van der Waals surface area contributed by atoms with Crippen LogP contribution in [0.3, 0.4) is 0 Å². The van der Waals surface area contributed by atoms with Gasteiger partial charge in [0.2, 0.25) is 5.91 Å². The van der Waals surface area contributed by atoms with Crippen molar-refractivity contribution in [1.29, 1.82) is 0 Å². The van der Waals surface area contributed by atoms with Gasteiger partial charge in [-0.2, -0.15) is 0 Å². The fourth-order valence-corrected chi connectivity index (χ4v) is 4.68. The second-order valence-electron chi connectivity index (χ2n) is 8.14. The molecule has 1 amide bonds. The van der Waals surface area contributed by atoms with Crippen LogP contribution in [0.4, 0.5) is 4.39 Å². The lowest BCUT2D eigenvalue weighted by atomic mass is 10.0. The minimum atomic E-state index is -0.345. The molecule has 158 valence electrons. The van der Waals surface area contributed by atoms with Gasteiger partial charge in [-0.05, 0) is 66.5 Å². The fraction of sp³-hybridized carbons (Fsp3) is 0.375. The second kappa shape index (κ2) is 9.31. The van der Waals surface area contributed by atoms with Crippen molar-refractivity contribution in [2.24, 2.45) is 5.73 Å². The van der Waals surface area contributed by atoms with E-state index in [9.17, 15) is 9.18 Å². The fourth-order valence-electron chi connectivity index (χ4n) is 4.31. The molecule has 0 spiro atoms. The highest BCUT2D eigenvalue weighted by atomic mass is 79.9. The van der Waals surface area contributed by atoms with Crippen LogP contribution in [0, 0.1) is 5.82 Å². The summed E-state index contributed by atoms with van der Waals surface area (Å²) in [5.41, 5.74) is 8.91. The first-order valence-electron chi connectivity index (χ1n) is 10.5. The molecular weight excluding hydrogens is 445 g/mol. The average Bonchev–Trinajstić information content (AvgIpc) is 3.17. The number of alkyl halides is 1. The van der Waals surface area contributed by atoms with Crippen LogP contribution in [0.25, 0.3) is 10.9 Å². The highest BCUT2D eigenvalue weighted by Gasteiger charge is 2.21. The number of halogens is 2. The maximum Gasteiger partial charge on any atom is 0.231 e. The normalized spacial score (nSPS) is 16.7. The zero-order valence-electron chi connectivity index (χ0n) is 16.9. The van der Waals surface area contributed by atoms with Crippen molar-refractivity contribution in [3.05, 3.63) is 71.7 Å². The summed E-state index contributed by atoms with van der Waals surface area (Å²) in [6, 6.07) is 15.9. The number of carbonyl (C=O) groups is 1. The van der Waals surface area contributed by atoms with E-state index in [1.807, 2.05) is 12.1 Å². The average molecular weight is 472 g/mol. The van der Waals surface area contributed by atoms with E-state index < -0.39 is 0 Å². The van der Waals surface area contributed by atoms with Gasteiger partial charge in [-0.15, -0.1) is 0 Å². The van der Waals surface area contributed by atoms with Gasteiger partial charge < -0.3 is 15.2 Å². The zero-order valence-corrected chi connectivity index (χ0v) is 18.5. The van der Waals surface area contributed by atoms with Gasteiger partial charge in [-0.25, -0.2) is 4.39 Å². The molecule has 0 radical (unpaired) electrons. The van der Waals surface area contributed by atoms with Crippen molar-refractivity contribution in [3.63, 3.8) is 0 Å². The molecule has 1 aliphatic rings. The first-order chi connectivity index (χ1) is 14.5. The minimum absolute atomic E-state index is 0.178. The minimum Gasteiger partial charge on any atom is -0.369 e. The lowest BCUT2D eigenvalue weighted by Gasteiger charge is -2.33. The number of likely N-dealkylation sites (tertiary alicyclic amines) is 1. The summed E-state index contributed by atoms with van der Waals surface area (Å²) >= 11 is 3.37. The molecule has 6 heteroatoms. The first kappa shape index (κ1) is 21.1. The van der Waals surface area contributed by atoms with Crippen molar-refractivity contribution < 1.29 is 9.18 Å². The SMILES string of the molecule is NC(=O)C(Br)Cc1ccc2ccn(C3CCN(CCc4ccc(F)cc4)CC3)c2c1. The van der Waals surface area contributed by atoms with E-state index in [1.54, 1.807) is 0 Å². The van der Waals surface area contributed by atoms with Crippen LogP contribution in [0.5, 0.6) is 0 Å². The quantitative estimate of drug-likeness (QED) is 0.517. The summed E-state index contributed by atoms with van der Waals surface area (Å²) < 4.78 is 15.4. The van der Waals surface area contributed by atoms with Crippen LogP contribution >= 0.6 is 15.9 Å². The number of hydrogen-bond acceptors (Lipinski definition) is 2. The second-order valence-corrected chi connectivity index (χ2v) is 9.24. The summed E-state index contributed by atoms with van der Waals surface area (Å²) in [6.07, 6.45) is 5.96. The number of fused-ring (bicyclic) bond motifs is 1. The Morgan fingerprint density at radius 3 is 2.50 bits per heavy atom. The van der Waals surface area contributed by atoms with Gasteiger partial charge in [0.15, 0.2) is 0 Å². The maximum atomic E-state index is 13.1. The molecule has 1 atom stereocenters. The molecule has 1 aliphatic heterocycles. The largest absolute Gasteiger partial charge is 0.369 e. The topological polar surface area (TPSA) is 51.3 Å². The van der Waals surface area contributed by atoms with Gasteiger partial charge in [0, 0.05) is 37.4 Å². The number of carbonyl (C=O) groups excluding carboxylic acids is 1. The van der Waals surface area contributed by atoms with Crippen molar-refractivity contribution in [2.45, 2.75) is 36.6 Å². The third kappa shape index (κ3) is 4.93. The molecule has 2 N–H and O–H groups in total. The summed E-state index contributed by atoms with van der Waals surface area (Å²) in [5, 5.41) is 1.22. The lowest BCUT2D eigenvalue weighted by Crippen LogP contribution is -2.35. The molecule has 3 aromatic rings. The Morgan fingerprint density at radius 2 is 1.80 bits per heavy atom. The van der Waals surface area contributed by atoms with E-state index in [1.165, 1.54) is 28.6 Å². The summed E-state index contributed by atoms with van der Waals surface area (Å²) in [6.45, 7) is 3.14. The first-order valence-corrected chi connectivity index (χ1v) is 11.4. The molecule has 0 bridgehead atoms. The Bertz CT molecular complexity index is 1010. The number of benzene rings is 2. The van der Waals surface area contributed by atoms with E-state index in [2.05, 4.69) is 55.9 Å². The molecule has 1 unspecified atom stereocenters. The monoisotopic (exact) mass is 471 g/mol. The summed E-state index contributed by atoms with van der Waals surface area (Å²) in [4.78, 5) is 13.5. The Balaban J connectivity index is 1.38. The van der Waals surface area contributed by atoms with E-state index in [0.717, 1.165) is 44.5 Å². The number of hydrogen-bond donors (Lipinski definition) is 1. The molecular formula is C24H27BrFN3O. The third-order valence-corrected chi connectivity index (χ3v) is 6.87. The Labute approximate surface area is 185 Å². The van der Waals surface area contributed by atoms with Gasteiger partial charge >= 0.3 is 0 Å². The maximum absolute atomic E-state index is 13.1. The van der Waals surface area contributed by atoms with Gasteiger partial charge in [0.05, 0.1) is 4.83 Å². The Kier molecular flexibility index (Phi) is 6.54. The highest BCUT2D eigenvalue weighted by Crippen LogP contribution is 2.29. The number of nitrogens with two attached hydrogens (primary N) is 1. The number of nitrogens with zero attached hydrogens (tertiary/aromatic N) is 2.